The number of hydrogen-bond acceptors (Lipinski definition) is 4. The van der Waals surface area contributed by atoms with Gasteiger partial charge in [-0.15, -0.1) is 0 Å². The van der Waals surface area contributed by atoms with Gasteiger partial charge in [0.15, 0.2) is 0 Å². The molecule has 1 saturated heterocycles. The Morgan fingerprint density at radius 2 is 2.04 bits per heavy atom. The van der Waals surface area contributed by atoms with Crippen molar-refractivity contribution < 1.29 is 9.53 Å². The lowest BCUT2D eigenvalue weighted by atomic mass is 10.0. The molecule has 1 aliphatic rings. The Hall–Kier alpha value is -2.40. The minimum Gasteiger partial charge on any atom is -0.466 e. The summed E-state index contributed by atoms with van der Waals surface area (Å²) < 4.78 is 6.61. The number of aryl methyl sites for hydroxylation is 2. The molecule has 1 atom stereocenters. The van der Waals surface area contributed by atoms with Crippen molar-refractivity contribution in [2.45, 2.75) is 39.2 Å². The van der Waals surface area contributed by atoms with Gasteiger partial charge in [-0.2, -0.15) is 5.10 Å². The molecule has 2 aromatic rings. The third-order valence-electron chi connectivity index (χ3n) is 5.61. The molecule has 3 rings (SSSR count). The summed E-state index contributed by atoms with van der Waals surface area (Å²) >= 11 is 0. The van der Waals surface area contributed by atoms with E-state index in [1.807, 2.05) is 11.7 Å². The zero-order valence-corrected chi connectivity index (χ0v) is 16.7. The van der Waals surface area contributed by atoms with Crippen LogP contribution in [0.25, 0.3) is 6.08 Å². The van der Waals surface area contributed by atoms with E-state index in [1.54, 1.807) is 6.08 Å². The minimum atomic E-state index is -0.331. The summed E-state index contributed by atoms with van der Waals surface area (Å²) in [5.41, 5.74) is 6.15. The van der Waals surface area contributed by atoms with Gasteiger partial charge in [0.25, 0.3) is 0 Å². The van der Waals surface area contributed by atoms with Crippen LogP contribution in [-0.2, 0) is 23.0 Å². The molecule has 27 heavy (non-hydrogen) atoms. The number of carbonyl (C=O) groups excluding carboxylic acids is 1. The molecule has 1 fully saturated rings. The molecule has 0 bridgehead atoms. The standard InChI is InChI=1S/C22H29N3O2/c1-16-20(17(2)24(3)23-16)13-15-25-14-5-6-21(25)19-10-7-18(8-11-19)9-12-22(26)27-4/h7-12,21H,5-6,13-15H2,1-4H3. The lowest BCUT2D eigenvalue weighted by Gasteiger charge is -2.25. The molecule has 5 heteroatoms. The van der Waals surface area contributed by atoms with Crippen LogP contribution >= 0.6 is 0 Å². The van der Waals surface area contributed by atoms with Crippen molar-refractivity contribution in [1.29, 1.82) is 0 Å². The second-order valence-electron chi connectivity index (χ2n) is 7.24. The third-order valence-corrected chi connectivity index (χ3v) is 5.61. The monoisotopic (exact) mass is 367 g/mol. The Kier molecular flexibility index (Phi) is 6.11. The first-order valence-electron chi connectivity index (χ1n) is 9.58. The van der Waals surface area contributed by atoms with Gasteiger partial charge in [-0.1, -0.05) is 24.3 Å². The van der Waals surface area contributed by atoms with Gasteiger partial charge in [0.2, 0.25) is 0 Å². The molecule has 1 aromatic carbocycles. The van der Waals surface area contributed by atoms with Gasteiger partial charge in [0.1, 0.15) is 0 Å². The Morgan fingerprint density at radius 1 is 1.30 bits per heavy atom. The molecule has 1 unspecified atom stereocenters. The second kappa shape index (κ2) is 8.53. The van der Waals surface area contributed by atoms with Crippen molar-refractivity contribution in [3.05, 3.63) is 58.4 Å². The number of aromatic nitrogens is 2. The first-order valence-corrected chi connectivity index (χ1v) is 9.58. The molecule has 0 N–H and O–H groups in total. The molecule has 5 nitrogen and oxygen atoms in total. The van der Waals surface area contributed by atoms with Crippen molar-refractivity contribution in [3.63, 3.8) is 0 Å². The van der Waals surface area contributed by atoms with Crippen LogP contribution in [0.4, 0.5) is 0 Å². The fourth-order valence-corrected chi connectivity index (χ4v) is 3.97. The van der Waals surface area contributed by atoms with Crippen LogP contribution in [0, 0.1) is 13.8 Å². The largest absolute Gasteiger partial charge is 0.466 e. The average Bonchev–Trinajstić information content (AvgIpc) is 3.23. The lowest BCUT2D eigenvalue weighted by Crippen LogP contribution is -2.26. The average molecular weight is 367 g/mol. The SMILES string of the molecule is COC(=O)C=Cc1ccc(C2CCCN2CCc2c(C)nn(C)c2C)cc1. The number of nitrogens with zero attached hydrogens (tertiary/aromatic N) is 3. The number of hydrogen-bond donors (Lipinski definition) is 0. The van der Waals surface area contributed by atoms with Crippen molar-refractivity contribution in [2.75, 3.05) is 20.2 Å². The van der Waals surface area contributed by atoms with Crippen LogP contribution in [-0.4, -0.2) is 40.8 Å². The number of esters is 1. The Morgan fingerprint density at radius 3 is 2.67 bits per heavy atom. The van der Waals surface area contributed by atoms with E-state index >= 15 is 0 Å². The molecule has 0 radical (unpaired) electrons. The highest BCUT2D eigenvalue weighted by Crippen LogP contribution is 2.32. The summed E-state index contributed by atoms with van der Waals surface area (Å²) in [5.74, 6) is -0.331. The molecular weight excluding hydrogens is 338 g/mol. The molecule has 2 heterocycles. The molecular formula is C22H29N3O2. The quantitative estimate of drug-likeness (QED) is 0.578. The fourth-order valence-electron chi connectivity index (χ4n) is 3.97. The molecule has 1 aromatic heterocycles. The maximum absolute atomic E-state index is 11.2. The first kappa shape index (κ1) is 19.4. The highest BCUT2D eigenvalue weighted by atomic mass is 16.5. The first-order chi connectivity index (χ1) is 13.0. The molecule has 144 valence electrons. The Balaban J connectivity index is 1.65. The van der Waals surface area contributed by atoms with Crippen LogP contribution in [0.1, 0.15) is 47.0 Å². The van der Waals surface area contributed by atoms with E-state index in [0.29, 0.717) is 6.04 Å². The summed E-state index contributed by atoms with van der Waals surface area (Å²) in [6.07, 6.45) is 6.72. The summed E-state index contributed by atoms with van der Waals surface area (Å²) in [4.78, 5) is 13.8. The summed E-state index contributed by atoms with van der Waals surface area (Å²) in [5, 5.41) is 4.54. The van der Waals surface area contributed by atoms with Crippen LogP contribution in [0.5, 0.6) is 0 Å². The number of methoxy groups -OCH3 is 1. The summed E-state index contributed by atoms with van der Waals surface area (Å²) in [6.45, 7) is 6.46. The van der Waals surface area contributed by atoms with E-state index in [2.05, 4.69) is 52.8 Å². The molecule has 0 saturated carbocycles. The van der Waals surface area contributed by atoms with E-state index in [1.165, 1.54) is 42.8 Å². The number of likely N-dealkylation sites (tertiary alicyclic amines) is 1. The zero-order valence-electron chi connectivity index (χ0n) is 16.7. The number of ether oxygens (including phenoxy) is 1. The number of benzene rings is 1. The van der Waals surface area contributed by atoms with Gasteiger partial charge in [0, 0.05) is 31.4 Å². The highest BCUT2D eigenvalue weighted by Gasteiger charge is 2.26. The van der Waals surface area contributed by atoms with Crippen LogP contribution in [0.3, 0.4) is 0 Å². The predicted octanol–water partition coefficient (Wildman–Crippen LogP) is 3.60. The van der Waals surface area contributed by atoms with Gasteiger partial charge in [-0.3, -0.25) is 9.58 Å². The smallest absolute Gasteiger partial charge is 0.330 e. The van der Waals surface area contributed by atoms with Crippen molar-refractivity contribution in [2.24, 2.45) is 7.05 Å². The van der Waals surface area contributed by atoms with Gasteiger partial charge in [0.05, 0.1) is 12.8 Å². The molecule has 0 aliphatic carbocycles. The van der Waals surface area contributed by atoms with E-state index in [9.17, 15) is 4.79 Å². The van der Waals surface area contributed by atoms with Gasteiger partial charge < -0.3 is 4.74 Å². The maximum atomic E-state index is 11.2. The Labute approximate surface area is 161 Å². The van der Waals surface area contributed by atoms with E-state index < -0.39 is 0 Å². The predicted molar refractivity (Wildman–Crippen MR) is 107 cm³/mol. The van der Waals surface area contributed by atoms with E-state index in [4.69, 9.17) is 0 Å². The zero-order chi connectivity index (χ0) is 19.4. The number of rotatable bonds is 6. The van der Waals surface area contributed by atoms with E-state index in [-0.39, 0.29) is 5.97 Å². The topological polar surface area (TPSA) is 47.4 Å². The van der Waals surface area contributed by atoms with Crippen LogP contribution < -0.4 is 0 Å². The summed E-state index contributed by atoms with van der Waals surface area (Å²) in [6, 6.07) is 8.98. The van der Waals surface area contributed by atoms with Crippen LogP contribution in [0.2, 0.25) is 0 Å². The van der Waals surface area contributed by atoms with Crippen LogP contribution in [0.15, 0.2) is 30.3 Å². The molecule has 1 aliphatic heterocycles. The highest BCUT2D eigenvalue weighted by molar-refractivity contribution is 5.86. The third kappa shape index (κ3) is 4.48. The van der Waals surface area contributed by atoms with Crippen molar-refractivity contribution in [3.8, 4) is 0 Å². The Bertz CT molecular complexity index is 821. The normalized spacial score (nSPS) is 17.7. The lowest BCUT2D eigenvalue weighted by molar-refractivity contribution is -0.134. The van der Waals surface area contributed by atoms with Crippen molar-refractivity contribution in [1.82, 2.24) is 14.7 Å². The molecule has 0 spiro atoms. The second-order valence-corrected chi connectivity index (χ2v) is 7.24. The fraction of sp³-hybridized carbons (Fsp3) is 0.455. The van der Waals surface area contributed by atoms with Gasteiger partial charge in [-0.05, 0) is 62.4 Å². The van der Waals surface area contributed by atoms with Crippen molar-refractivity contribution >= 4 is 12.0 Å². The number of carbonyl (C=O) groups is 1. The summed E-state index contributed by atoms with van der Waals surface area (Å²) in [7, 11) is 3.40. The van der Waals surface area contributed by atoms with Gasteiger partial charge in [-0.25, -0.2) is 4.79 Å². The minimum absolute atomic E-state index is 0.331. The maximum Gasteiger partial charge on any atom is 0.330 e. The molecule has 0 amide bonds. The van der Waals surface area contributed by atoms with Gasteiger partial charge >= 0.3 is 5.97 Å². The van der Waals surface area contributed by atoms with E-state index in [0.717, 1.165) is 30.8 Å².